The summed E-state index contributed by atoms with van der Waals surface area (Å²) in [5.74, 6) is -0.0279. The molecule has 4 aliphatic carbocycles. The number of rotatable bonds is 10. The van der Waals surface area contributed by atoms with Crippen LogP contribution in [0.1, 0.15) is 112 Å². The van der Waals surface area contributed by atoms with Crippen LogP contribution in [-0.4, -0.2) is 150 Å². The van der Waals surface area contributed by atoms with E-state index in [1.807, 2.05) is 27.7 Å². The van der Waals surface area contributed by atoms with Crippen molar-refractivity contribution in [2.24, 2.45) is 34.5 Å². The Morgan fingerprint density at radius 2 is 1.52 bits per heavy atom. The number of nitrogens with zero attached hydrogens (tertiary/aromatic N) is 1. The van der Waals surface area contributed by atoms with E-state index in [4.69, 9.17) is 37.9 Å². The molecule has 340 valence electrons. The molecule has 0 aromatic carbocycles. The maximum Gasteiger partial charge on any atom is 0.331 e. The fourth-order valence-electron chi connectivity index (χ4n) is 13.4. The Labute approximate surface area is 354 Å². The molecule has 0 spiro atoms. The average Bonchev–Trinajstić information content (AvgIpc) is 3.69. The molecule has 4 heterocycles. The number of ether oxygens (including phenoxy) is 8. The fourth-order valence-corrected chi connectivity index (χ4v) is 13.4. The minimum Gasteiger partial charge on any atom is -0.469 e. The number of hydrogen-bond acceptors (Lipinski definition) is 15. The molecule has 4 aliphatic heterocycles. The zero-order valence-electron chi connectivity index (χ0n) is 36.4. The molecule has 0 aromatic rings. The molecule has 8 aliphatic rings. The van der Waals surface area contributed by atoms with Crippen LogP contribution >= 0.6 is 0 Å². The van der Waals surface area contributed by atoms with Crippen molar-refractivity contribution in [3.63, 3.8) is 0 Å². The standard InChI is InChI=1S/C45H71NO14/c1-24-22-46(15-11-36(50)53-6)16-12-38(55-24)59-41-25(2)57-40(21-34(41)48)60-42-26(3)56-39(20-33(42)47)58-29-9-13-43(4)28(18-29)7-8-31-32(43)19-35(49)44(5)30(10-14-45(31,44)52)27-17-37(51)54-23-27/h17,24-26,28-35,38-42,47-49,52H,7-16,18-23H2,1-6H3/t24-,25-,26-,28-,29+,30-,31-,32+,33+,34+,35-,38+,39+,40+,41-,42-,43+,44+,45+/m1/s1. The lowest BCUT2D eigenvalue weighted by Gasteiger charge is -2.65. The number of carbonyl (C=O) groups excluding carboxylic acids is 2. The molecular weight excluding hydrogens is 778 g/mol. The van der Waals surface area contributed by atoms with Crippen LogP contribution in [0.25, 0.3) is 0 Å². The van der Waals surface area contributed by atoms with Crippen LogP contribution in [0.2, 0.25) is 0 Å². The van der Waals surface area contributed by atoms with E-state index < -0.39 is 72.6 Å². The molecule has 0 bridgehead atoms. The van der Waals surface area contributed by atoms with Crippen molar-refractivity contribution in [3.05, 3.63) is 11.6 Å². The van der Waals surface area contributed by atoms with Crippen molar-refractivity contribution >= 4 is 11.9 Å². The third-order valence-electron chi connectivity index (χ3n) is 16.7. The van der Waals surface area contributed by atoms with Gasteiger partial charge in [0.15, 0.2) is 18.9 Å². The van der Waals surface area contributed by atoms with Gasteiger partial charge in [0.05, 0.1) is 61.9 Å². The Kier molecular flexibility index (Phi) is 13.2. The Morgan fingerprint density at radius 1 is 0.833 bits per heavy atom. The van der Waals surface area contributed by atoms with E-state index in [9.17, 15) is 30.0 Å². The van der Waals surface area contributed by atoms with E-state index in [2.05, 4.69) is 11.8 Å². The van der Waals surface area contributed by atoms with Crippen LogP contribution < -0.4 is 0 Å². The molecule has 8 rings (SSSR count). The summed E-state index contributed by atoms with van der Waals surface area (Å²) in [7, 11) is 1.39. The number of methoxy groups -OCH3 is 1. The van der Waals surface area contributed by atoms with Gasteiger partial charge in [-0.2, -0.15) is 0 Å². The van der Waals surface area contributed by atoms with Gasteiger partial charge in [-0.1, -0.05) is 13.8 Å². The first-order valence-electron chi connectivity index (χ1n) is 22.9. The van der Waals surface area contributed by atoms with Crippen molar-refractivity contribution < 1.29 is 67.9 Å². The average molecular weight is 850 g/mol. The summed E-state index contributed by atoms with van der Waals surface area (Å²) in [6, 6.07) is 0. The smallest absolute Gasteiger partial charge is 0.331 e. The number of hydrogen-bond donors (Lipinski definition) is 4. The lowest BCUT2D eigenvalue weighted by atomic mass is 9.42. The van der Waals surface area contributed by atoms with E-state index in [1.54, 1.807) is 6.08 Å². The van der Waals surface area contributed by atoms with Gasteiger partial charge in [0, 0.05) is 50.4 Å². The van der Waals surface area contributed by atoms with Crippen LogP contribution in [0.15, 0.2) is 11.6 Å². The highest BCUT2D eigenvalue weighted by atomic mass is 16.7. The second kappa shape index (κ2) is 17.7. The molecule has 0 amide bonds. The van der Waals surface area contributed by atoms with Gasteiger partial charge in [-0.3, -0.25) is 9.69 Å². The third-order valence-corrected chi connectivity index (χ3v) is 16.7. The Balaban J connectivity index is 0.810. The Hall–Kier alpha value is -1.76. The van der Waals surface area contributed by atoms with Gasteiger partial charge in [-0.05, 0) is 107 Å². The maximum atomic E-state index is 12.6. The number of aliphatic hydroxyl groups is 4. The highest BCUT2D eigenvalue weighted by Gasteiger charge is 2.71. The Bertz CT molecular complexity index is 1560. The first-order valence-corrected chi connectivity index (χ1v) is 22.9. The van der Waals surface area contributed by atoms with Gasteiger partial charge < -0.3 is 58.3 Å². The van der Waals surface area contributed by atoms with Gasteiger partial charge in [0.25, 0.3) is 0 Å². The van der Waals surface area contributed by atoms with Crippen LogP contribution in [0.4, 0.5) is 0 Å². The van der Waals surface area contributed by atoms with Gasteiger partial charge in [-0.15, -0.1) is 0 Å². The fraction of sp³-hybridized carbons (Fsp3) is 0.911. The molecule has 60 heavy (non-hydrogen) atoms. The summed E-state index contributed by atoms with van der Waals surface area (Å²) in [5, 5.41) is 47.1. The molecule has 15 nitrogen and oxygen atoms in total. The van der Waals surface area contributed by atoms with E-state index in [-0.39, 0.29) is 66.8 Å². The first kappa shape index (κ1) is 44.8. The minimum atomic E-state index is -1.01. The van der Waals surface area contributed by atoms with Crippen molar-refractivity contribution in [1.82, 2.24) is 4.90 Å². The summed E-state index contributed by atoms with van der Waals surface area (Å²) in [6.45, 7) is 12.2. The minimum absolute atomic E-state index is 0.0379. The van der Waals surface area contributed by atoms with Crippen LogP contribution in [0.3, 0.4) is 0 Å². The highest BCUT2D eigenvalue weighted by Crippen LogP contribution is 2.70. The second-order valence-electron chi connectivity index (χ2n) is 20.0. The molecule has 0 aromatic heterocycles. The largest absolute Gasteiger partial charge is 0.469 e. The summed E-state index contributed by atoms with van der Waals surface area (Å²) < 4.78 is 48.0. The molecule has 4 saturated carbocycles. The normalized spacial score (nSPS) is 49.8. The van der Waals surface area contributed by atoms with Crippen LogP contribution in [-0.2, 0) is 47.5 Å². The van der Waals surface area contributed by atoms with Crippen LogP contribution in [0, 0.1) is 34.5 Å². The predicted molar refractivity (Wildman–Crippen MR) is 214 cm³/mol. The van der Waals surface area contributed by atoms with Gasteiger partial charge in [0.1, 0.15) is 18.8 Å². The maximum absolute atomic E-state index is 12.6. The molecule has 0 unspecified atom stereocenters. The first-order chi connectivity index (χ1) is 28.5. The van der Waals surface area contributed by atoms with E-state index in [0.29, 0.717) is 51.2 Å². The monoisotopic (exact) mass is 849 g/mol. The van der Waals surface area contributed by atoms with E-state index in [0.717, 1.165) is 44.1 Å². The quantitative estimate of drug-likeness (QED) is 0.185. The Morgan fingerprint density at radius 3 is 2.17 bits per heavy atom. The van der Waals surface area contributed by atoms with Crippen molar-refractivity contribution in [2.45, 2.75) is 191 Å². The van der Waals surface area contributed by atoms with E-state index >= 15 is 0 Å². The molecular formula is C45H71NO14. The number of fused-ring (bicyclic) bond motifs is 5. The number of aliphatic hydroxyl groups excluding tert-OH is 3. The zero-order valence-corrected chi connectivity index (χ0v) is 36.4. The van der Waals surface area contributed by atoms with Gasteiger partial charge in [0.2, 0.25) is 0 Å². The summed E-state index contributed by atoms with van der Waals surface area (Å²) in [4.78, 5) is 25.8. The number of carbonyl (C=O) groups is 2. The molecule has 0 radical (unpaired) electrons. The molecule has 7 fully saturated rings. The zero-order chi connectivity index (χ0) is 42.7. The van der Waals surface area contributed by atoms with Crippen molar-refractivity contribution in [1.29, 1.82) is 0 Å². The molecule has 4 N–H and O–H groups in total. The second-order valence-corrected chi connectivity index (χ2v) is 20.0. The highest BCUT2D eigenvalue weighted by molar-refractivity contribution is 5.85. The van der Waals surface area contributed by atoms with Crippen molar-refractivity contribution in [3.8, 4) is 0 Å². The van der Waals surface area contributed by atoms with Crippen molar-refractivity contribution in [2.75, 3.05) is 33.4 Å². The SMILES string of the molecule is COC(=O)CCN1CC[C@H](O[C@H]2[C@@H](O)C[C@H](O[C@H]3[C@@H](O)C[C@H](O[C@H]4CC[C@@]5(C)[C@H](CC[C@@H]6[C@@H]5C[C@@H](O)[C@]5(C)[C@@H](C7=CC(=O)OC7)CC[C@]65O)C4)O[C@@H]3C)O[C@@H]2C)O[C@H](C)C1. The topological polar surface area (TPSA) is 192 Å². The van der Waals surface area contributed by atoms with Gasteiger partial charge >= 0.3 is 11.9 Å². The lowest BCUT2D eigenvalue weighted by molar-refractivity contribution is -0.329. The van der Waals surface area contributed by atoms with Crippen LogP contribution in [0.5, 0.6) is 0 Å². The molecule has 15 heteroatoms. The third kappa shape index (κ3) is 8.36. The lowest BCUT2D eigenvalue weighted by Crippen LogP contribution is -2.67. The van der Waals surface area contributed by atoms with E-state index in [1.165, 1.54) is 7.11 Å². The summed E-state index contributed by atoms with van der Waals surface area (Å²) in [5.41, 5.74) is -0.881. The summed E-state index contributed by atoms with van der Waals surface area (Å²) in [6.07, 6.45) is 2.51. The molecule has 3 saturated heterocycles. The molecule has 19 atom stereocenters. The predicted octanol–water partition coefficient (Wildman–Crippen LogP) is 3.36. The van der Waals surface area contributed by atoms with Gasteiger partial charge in [-0.25, -0.2) is 4.79 Å². The summed E-state index contributed by atoms with van der Waals surface area (Å²) >= 11 is 0. The number of esters is 2. The number of cyclic esters (lactones) is 1.